The molecule has 12 heavy (non-hydrogen) atoms. The third-order valence-corrected chi connectivity index (χ3v) is 1.89. The van der Waals surface area contributed by atoms with Gasteiger partial charge in [-0.05, 0) is 17.7 Å². The predicted molar refractivity (Wildman–Crippen MR) is 45.9 cm³/mol. The predicted octanol–water partition coefficient (Wildman–Crippen LogP) is 0.715. The minimum Gasteiger partial charge on any atom is -0.389 e. The summed E-state index contributed by atoms with van der Waals surface area (Å²) < 4.78 is 0. The number of aliphatic hydroxyl groups is 2. The van der Waals surface area contributed by atoms with Gasteiger partial charge in [-0.1, -0.05) is 0 Å². The minimum absolute atomic E-state index is 0.0174. The van der Waals surface area contributed by atoms with Gasteiger partial charge in [0.05, 0.1) is 12.0 Å². The average Bonchev–Trinajstić information content (AvgIpc) is 2.17. The van der Waals surface area contributed by atoms with Crippen LogP contribution in [0.2, 0.25) is 0 Å². The zero-order valence-corrected chi connectivity index (χ0v) is 7.15. The topological polar surface area (TPSA) is 53.4 Å². The molecule has 2 unspecified atom stereocenters. The molecule has 0 aromatic carbocycles. The van der Waals surface area contributed by atoms with Crippen molar-refractivity contribution in [2.75, 3.05) is 5.88 Å². The van der Waals surface area contributed by atoms with Crippen LogP contribution in [0.5, 0.6) is 0 Å². The fourth-order valence-electron chi connectivity index (χ4n) is 0.867. The maximum atomic E-state index is 9.43. The lowest BCUT2D eigenvalue weighted by atomic mass is 10.1. The van der Waals surface area contributed by atoms with E-state index in [4.69, 9.17) is 11.6 Å². The van der Waals surface area contributed by atoms with Crippen molar-refractivity contribution >= 4 is 11.6 Å². The monoisotopic (exact) mass is 187 g/mol. The second kappa shape index (κ2) is 4.40. The average molecular weight is 188 g/mol. The van der Waals surface area contributed by atoms with Gasteiger partial charge in [-0.15, -0.1) is 11.6 Å². The van der Waals surface area contributed by atoms with Crippen LogP contribution in [0.25, 0.3) is 0 Å². The lowest BCUT2D eigenvalue weighted by Crippen LogP contribution is -2.19. The smallest absolute Gasteiger partial charge is 0.106 e. The summed E-state index contributed by atoms with van der Waals surface area (Å²) in [5.41, 5.74) is 0.623. The zero-order valence-electron chi connectivity index (χ0n) is 6.39. The standard InChI is InChI=1S/C8H10ClNO2/c9-5-7(11)8(12)6-1-3-10-4-2-6/h1-4,7-8,11-12H,5H2. The van der Waals surface area contributed by atoms with Crippen LogP contribution >= 0.6 is 11.6 Å². The maximum Gasteiger partial charge on any atom is 0.106 e. The second-order valence-corrected chi connectivity index (χ2v) is 2.76. The Morgan fingerprint density at radius 3 is 2.42 bits per heavy atom. The molecule has 0 spiro atoms. The van der Waals surface area contributed by atoms with Crippen LogP contribution in [0.15, 0.2) is 24.5 Å². The van der Waals surface area contributed by atoms with Crippen LogP contribution in [0, 0.1) is 0 Å². The molecule has 1 rings (SSSR count). The summed E-state index contributed by atoms with van der Waals surface area (Å²) in [5.74, 6) is 0.0174. The van der Waals surface area contributed by atoms with Gasteiger partial charge in [0.15, 0.2) is 0 Å². The summed E-state index contributed by atoms with van der Waals surface area (Å²) >= 11 is 5.37. The number of rotatable bonds is 3. The first-order valence-electron chi connectivity index (χ1n) is 3.57. The van der Waals surface area contributed by atoms with E-state index >= 15 is 0 Å². The Morgan fingerprint density at radius 2 is 1.92 bits per heavy atom. The van der Waals surface area contributed by atoms with Crippen molar-refractivity contribution in [3.05, 3.63) is 30.1 Å². The molecular weight excluding hydrogens is 178 g/mol. The fraction of sp³-hybridized carbons (Fsp3) is 0.375. The van der Waals surface area contributed by atoms with E-state index in [1.165, 1.54) is 0 Å². The van der Waals surface area contributed by atoms with E-state index in [2.05, 4.69) is 4.98 Å². The van der Waals surface area contributed by atoms with Crippen molar-refractivity contribution in [2.24, 2.45) is 0 Å². The molecule has 0 fully saturated rings. The van der Waals surface area contributed by atoms with E-state index in [1.807, 2.05) is 0 Å². The van der Waals surface area contributed by atoms with E-state index in [0.717, 1.165) is 0 Å². The van der Waals surface area contributed by atoms with Crippen molar-refractivity contribution in [2.45, 2.75) is 12.2 Å². The molecule has 0 saturated carbocycles. The number of alkyl halides is 1. The summed E-state index contributed by atoms with van der Waals surface area (Å²) in [6, 6.07) is 3.28. The van der Waals surface area contributed by atoms with Crippen LogP contribution in [-0.2, 0) is 0 Å². The lowest BCUT2D eigenvalue weighted by molar-refractivity contribution is 0.0327. The molecule has 1 aromatic heterocycles. The fourth-order valence-corrected chi connectivity index (χ4v) is 1.04. The van der Waals surface area contributed by atoms with Gasteiger partial charge in [0.2, 0.25) is 0 Å². The van der Waals surface area contributed by atoms with Gasteiger partial charge in [-0.25, -0.2) is 0 Å². The highest BCUT2D eigenvalue weighted by Crippen LogP contribution is 2.16. The largest absolute Gasteiger partial charge is 0.389 e. The number of halogens is 1. The third kappa shape index (κ3) is 2.17. The Labute approximate surface area is 75.6 Å². The molecule has 0 saturated heterocycles. The van der Waals surface area contributed by atoms with Gasteiger partial charge >= 0.3 is 0 Å². The molecule has 3 nitrogen and oxygen atoms in total. The molecule has 0 aliphatic heterocycles. The number of pyridine rings is 1. The van der Waals surface area contributed by atoms with Gasteiger partial charge in [-0.2, -0.15) is 0 Å². The first kappa shape index (κ1) is 9.45. The molecule has 4 heteroatoms. The summed E-state index contributed by atoms with van der Waals surface area (Å²) in [6.07, 6.45) is 1.26. The van der Waals surface area contributed by atoms with Gasteiger partial charge in [0.25, 0.3) is 0 Å². The van der Waals surface area contributed by atoms with Crippen LogP contribution < -0.4 is 0 Å². The minimum atomic E-state index is -0.925. The molecule has 0 bridgehead atoms. The molecule has 2 N–H and O–H groups in total. The van der Waals surface area contributed by atoms with Crippen molar-refractivity contribution in [3.8, 4) is 0 Å². The highest BCUT2D eigenvalue weighted by atomic mass is 35.5. The molecule has 0 aliphatic rings. The Kier molecular flexibility index (Phi) is 3.47. The summed E-state index contributed by atoms with van der Waals surface area (Å²) in [4.78, 5) is 3.79. The lowest BCUT2D eigenvalue weighted by Gasteiger charge is -2.14. The van der Waals surface area contributed by atoms with Gasteiger partial charge in [0.1, 0.15) is 6.10 Å². The molecule has 66 valence electrons. The summed E-state index contributed by atoms with van der Waals surface area (Å²) in [7, 11) is 0. The van der Waals surface area contributed by atoms with Crippen molar-refractivity contribution in [3.63, 3.8) is 0 Å². The number of aliphatic hydroxyl groups excluding tert-OH is 2. The van der Waals surface area contributed by atoms with Crippen LogP contribution in [0.3, 0.4) is 0 Å². The maximum absolute atomic E-state index is 9.43. The molecule has 1 aromatic rings. The first-order valence-corrected chi connectivity index (χ1v) is 4.11. The van der Waals surface area contributed by atoms with Crippen molar-refractivity contribution in [1.29, 1.82) is 0 Å². The van der Waals surface area contributed by atoms with Crippen LogP contribution in [-0.4, -0.2) is 27.2 Å². The highest BCUT2D eigenvalue weighted by molar-refractivity contribution is 6.18. The van der Waals surface area contributed by atoms with Crippen molar-refractivity contribution in [1.82, 2.24) is 4.98 Å². The van der Waals surface area contributed by atoms with Gasteiger partial charge in [0, 0.05) is 12.4 Å². The van der Waals surface area contributed by atoms with E-state index in [-0.39, 0.29) is 5.88 Å². The first-order chi connectivity index (χ1) is 5.75. The Balaban J connectivity index is 2.71. The number of hydrogen-bond acceptors (Lipinski definition) is 3. The van der Waals surface area contributed by atoms with E-state index < -0.39 is 12.2 Å². The summed E-state index contributed by atoms with van der Waals surface area (Å²) in [5, 5.41) is 18.6. The molecule has 0 amide bonds. The SMILES string of the molecule is OC(CCl)C(O)c1ccncc1. The molecule has 1 heterocycles. The third-order valence-electron chi connectivity index (χ3n) is 1.57. The number of hydrogen-bond donors (Lipinski definition) is 2. The second-order valence-electron chi connectivity index (χ2n) is 2.45. The van der Waals surface area contributed by atoms with Crippen molar-refractivity contribution < 1.29 is 10.2 Å². The van der Waals surface area contributed by atoms with Crippen LogP contribution in [0.4, 0.5) is 0 Å². The Hall–Kier alpha value is -0.640. The van der Waals surface area contributed by atoms with Crippen LogP contribution in [0.1, 0.15) is 11.7 Å². The van der Waals surface area contributed by atoms with E-state index in [1.54, 1.807) is 24.5 Å². The summed E-state index contributed by atoms with van der Waals surface area (Å²) in [6.45, 7) is 0. The Morgan fingerprint density at radius 1 is 1.33 bits per heavy atom. The number of nitrogens with zero attached hydrogens (tertiary/aromatic N) is 1. The molecular formula is C8H10ClNO2. The Bertz CT molecular complexity index is 230. The quantitative estimate of drug-likeness (QED) is 0.686. The zero-order chi connectivity index (χ0) is 8.97. The molecule has 0 aliphatic carbocycles. The number of aromatic nitrogens is 1. The molecule has 2 atom stereocenters. The van der Waals surface area contributed by atoms with Gasteiger partial charge < -0.3 is 10.2 Å². The normalized spacial score (nSPS) is 15.6. The van der Waals surface area contributed by atoms with Gasteiger partial charge in [-0.3, -0.25) is 4.98 Å². The molecule has 0 radical (unpaired) electrons. The van der Waals surface area contributed by atoms with E-state index in [0.29, 0.717) is 5.56 Å². The van der Waals surface area contributed by atoms with E-state index in [9.17, 15) is 10.2 Å². The highest BCUT2D eigenvalue weighted by Gasteiger charge is 2.16.